The van der Waals surface area contributed by atoms with Crippen molar-refractivity contribution in [1.29, 1.82) is 0 Å². The highest BCUT2D eigenvalue weighted by Crippen LogP contribution is 2.23. The summed E-state index contributed by atoms with van der Waals surface area (Å²) in [6.07, 6.45) is 66.6. The van der Waals surface area contributed by atoms with Gasteiger partial charge >= 0.3 is 0 Å². The Hall–Kier alpha value is -2.63. The highest BCUT2D eigenvalue weighted by Gasteiger charge is 2.44. The van der Waals surface area contributed by atoms with Gasteiger partial charge in [0.05, 0.1) is 25.4 Å². The third-order valence-electron chi connectivity index (χ3n) is 13.7. The first-order valence-electron chi connectivity index (χ1n) is 29.8. The molecule has 7 unspecified atom stereocenters. The number of nitrogens with one attached hydrogen (secondary N) is 1. The van der Waals surface area contributed by atoms with Crippen LogP contribution in [0.1, 0.15) is 251 Å². The van der Waals surface area contributed by atoms with Crippen LogP contribution in [0.3, 0.4) is 0 Å². The van der Waals surface area contributed by atoms with E-state index in [2.05, 4.69) is 92.1 Å². The summed E-state index contributed by atoms with van der Waals surface area (Å²) in [5, 5.41) is 54.5. The second-order valence-corrected chi connectivity index (χ2v) is 20.4. The molecule has 0 spiro atoms. The van der Waals surface area contributed by atoms with Gasteiger partial charge in [0, 0.05) is 6.42 Å². The van der Waals surface area contributed by atoms with Gasteiger partial charge in [-0.1, -0.05) is 259 Å². The Morgan fingerprint density at radius 2 is 0.861 bits per heavy atom. The normalized spacial score (nSPS) is 19.8. The molecule has 1 aliphatic rings. The molecule has 1 aliphatic heterocycles. The molecule has 1 heterocycles. The summed E-state index contributed by atoms with van der Waals surface area (Å²) in [5.41, 5.74) is 0. The lowest BCUT2D eigenvalue weighted by Gasteiger charge is -2.40. The molecule has 9 nitrogen and oxygen atoms in total. The number of carbonyl (C=O) groups is 1. The monoisotopic (exact) mass is 1010 g/mol. The lowest BCUT2D eigenvalue weighted by molar-refractivity contribution is -0.302. The highest BCUT2D eigenvalue weighted by atomic mass is 16.7. The number of ether oxygens (including phenoxy) is 2. The van der Waals surface area contributed by atoms with Gasteiger partial charge in [0.25, 0.3) is 0 Å². The third-order valence-corrected chi connectivity index (χ3v) is 13.7. The molecule has 1 amide bonds. The number of hydrogen-bond donors (Lipinski definition) is 6. The van der Waals surface area contributed by atoms with Gasteiger partial charge in [0.15, 0.2) is 6.29 Å². The van der Waals surface area contributed by atoms with Crippen LogP contribution in [-0.4, -0.2) is 87.5 Å². The quantitative estimate of drug-likeness (QED) is 0.0261. The molecule has 7 atom stereocenters. The molecule has 0 aromatic carbocycles. The van der Waals surface area contributed by atoms with E-state index in [0.29, 0.717) is 6.42 Å². The summed E-state index contributed by atoms with van der Waals surface area (Å²) in [5.74, 6) is -0.219. The van der Waals surface area contributed by atoms with E-state index < -0.39 is 49.5 Å². The van der Waals surface area contributed by atoms with Gasteiger partial charge in [-0.3, -0.25) is 4.79 Å². The average Bonchev–Trinajstić information content (AvgIpc) is 3.38. The minimum atomic E-state index is -1.58. The minimum absolute atomic E-state index is 0.210. The maximum Gasteiger partial charge on any atom is 0.220 e. The molecule has 0 bridgehead atoms. The number of allylic oxidation sites excluding steroid dienone is 13. The summed E-state index contributed by atoms with van der Waals surface area (Å²) in [7, 11) is 0. The van der Waals surface area contributed by atoms with E-state index in [1.54, 1.807) is 6.08 Å². The van der Waals surface area contributed by atoms with Crippen LogP contribution in [0.2, 0.25) is 0 Å². The van der Waals surface area contributed by atoms with E-state index in [1.165, 1.54) is 154 Å². The Kier molecular flexibility index (Phi) is 48.5. The van der Waals surface area contributed by atoms with E-state index >= 15 is 0 Å². The topological polar surface area (TPSA) is 149 Å². The second kappa shape index (κ2) is 51.8. The summed E-state index contributed by atoms with van der Waals surface area (Å²) in [6.45, 7) is 3.65. The Morgan fingerprint density at radius 1 is 0.486 bits per heavy atom. The minimum Gasteiger partial charge on any atom is -0.394 e. The van der Waals surface area contributed by atoms with Crippen LogP contribution in [0.25, 0.3) is 0 Å². The number of rotatable bonds is 50. The van der Waals surface area contributed by atoms with Crippen LogP contribution >= 0.6 is 0 Å². The van der Waals surface area contributed by atoms with Crippen molar-refractivity contribution in [3.8, 4) is 0 Å². The number of aliphatic hydroxyl groups is 5. The maximum absolute atomic E-state index is 13.0. The first kappa shape index (κ1) is 67.4. The Bertz CT molecular complexity index is 1400. The van der Waals surface area contributed by atoms with Crippen LogP contribution in [0.4, 0.5) is 0 Å². The molecule has 0 aliphatic carbocycles. The van der Waals surface area contributed by atoms with Gasteiger partial charge in [-0.2, -0.15) is 0 Å². The van der Waals surface area contributed by atoms with Crippen LogP contribution < -0.4 is 5.32 Å². The largest absolute Gasteiger partial charge is 0.394 e. The first-order valence-corrected chi connectivity index (χ1v) is 29.8. The molecule has 0 saturated carbocycles. The zero-order chi connectivity index (χ0) is 52.2. The lowest BCUT2D eigenvalue weighted by Crippen LogP contribution is -2.60. The van der Waals surface area contributed by atoms with Gasteiger partial charge in [0.2, 0.25) is 5.91 Å². The number of hydrogen-bond acceptors (Lipinski definition) is 8. The summed E-state index contributed by atoms with van der Waals surface area (Å²) >= 11 is 0. The van der Waals surface area contributed by atoms with Crippen molar-refractivity contribution >= 4 is 5.91 Å². The summed E-state index contributed by atoms with van der Waals surface area (Å²) < 4.78 is 11.3. The molecular weight excluding hydrogens is 899 g/mol. The Balaban J connectivity index is 2.25. The molecule has 1 fully saturated rings. The van der Waals surface area contributed by atoms with Gasteiger partial charge in [-0.15, -0.1) is 0 Å². The van der Waals surface area contributed by atoms with Crippen LogP contribution in [0, 0.1) is 0 Å². The van der Waals surface area contributed by atoms with Crippen LogP contribution in [0.15, 0.2) is 85.1 Å². The fourth-order valence-electron chi connectivity index (χ4n) is 9.04. The number of amides is 1. The predicted molar refractivity (Wildman–Crippen MR) is 304 cm³/mol. The molecule has 0 aromatic rings. The number of carbonyl (C=O) groups excluding carboxylic acids is 1. The SMILES string of the molecule is CC/C=C\C/C=C\C/C=C\C/C=C\C/C=C\C/C=C\CCCCC(=O)NC(COC1OC(CO)C(O)C(O)C1O)C(O)/C=C/CCCCCCCCCCCCCCCCCCCCCCCCCCCC. The van der Waals surface area contributed by atoms with Crippen molar-refractivity contribution < 1.29 is 39.8 Å². The average molecular weight is 1010 g/mol. The first-order chi connectivity index (χ1) is 35.3. The number of unbranched alkanes of at least 4 members (excludes halogenated alkanes) is 28. The molecule has 416 valence electrons. The van der Waals surface area contributed by atoms with Crippen molar-refractivity contribution in [3.05, 3.63) is 85.1 Å². The van der Waals surface area contributed by atoms with Crippen molar-refractivity contribution in [2.24, 2.45) is 0 Å². The zero-order valence-corrected chi connectivity index (χ0v) is 46.2. The predicted octanol–water partition coefficient (Wildman–Crippen LogP) is 15.0. The van der Waals surface area contributed by atoms with E-state index in [4.69, 9.17) is 9.47 Å². The highest BCUT2D eigenvalue weighted by molar-refractivity contribution is 5.76. The van der Waals surface area contributed by atoms with Crippen molar-refractivity contribution in [1.82, 2.24) is 5.32 Å². The fraction of sp³-hybridized carbons (Fsp3) is 0.762. The zero-order valence-electron chi connectivity index (χ0n) is 46.2. The van der Waals surface area contributed by atoms with Gasteiger partial charge in [-0.25, -0.2) is 0 Å². The summed E-state index contributed by atoms with van der Waals surface area (Å²) in [4.78, 5) is 13.0. The molecule has 1 saturated heterocycles. The maximum atomic E-state index is 13.0. The molecule has 1 rings (SSSR count). The molecule has 0 aromatic heterocycles. The van der Waals surface area contributed by atoms with E-state index in [1.807, 2.05) is 6.08 Å². The van der Waals surface area contributed by atoms with E-state index in [9.17, 15) is 30.3 Å². The van der Waals surface area contributed by atoms with Crippen LogP contribution in [-0.2, 0) is 14.3 Å². The van der Waals surface area contributed by atoms with E-state index in [0.717, 1.165) is 70.6 Å². The lowest BCUT2D eigenvalue weighted by atomic mass is 9.99. The second-order valence-electron chi connectivity index (χ2n) is 20.4. The standard InChI is InChI=1S/C63H111NO8/c1-3-5-7-9-11-13-15-17-19-21-23-25-26-27-28-29-30-31-33-34-36-38-40-42-44-46-48-50-52-57(66)56(55-71-63-62(70)61(69)60(68)58(54-65)72-63)64-59(67)53-51-49-47-45-43-41-39-37-35-32-24-22-20-18-16-14-12-10-8-6-4-2/h6,8,12,14,18,20,24,32,37,39,43,45,50,52,56-58,60-63,65-66,68-70H,3-5,7,9-11,13,15-17,19,21-23,25-31,33-36,38,40-42,44,46-49,51,53-55H2,1-2H3,(H,64,67)/b8-6-,14-12-,20-18-,32-24-,39-37-,45-43-,52-50+. The smallest absolute Gasteiger partial charge is 0.220 e. The number of aliphatic hydroxyl groups excluding tert-OH is 5. The Labute approximate surface area is 441 Å². The van der Waals surface area contributed by atoms with Gasteiger partial charge < -0.3 is 40.3 Å². The van der Waals surface area contributed by atoms with Crippen molar-refractivity contribution in [3.63, 3.8) is 0 Å². The molecule has 72 heavy (non-hydrogen) atoms. The summed E-state index contributed by atoms with van der Waals surface area (Å²) in [6, 6.07) is -0.835. The van der Waals surface area contributed by atoms with Gasteiger partial charge in [-0.05, 0) is 70.6 Å². The molecule has 6 N–H and O–H groups in total. The molecular formula is C63H111NO8. The fourth-order valence-corrected chi connectivity index (χ4v) is 9.04. The molecule has 9 heteroatoms. The van der Waals surface area contributed by atoms with Gasteiger partial charge in [0.1, 0.15) is 24.4 Å². The third kappa shape index (κ3) is 40.7. The van der Waals surface area contributed by atoms with Crippen molar-refractivity contribution in [2.75, 3.05) is 13.2 Å². The van der Waals surface area contributed by atoms with Crippen molar-refractivity contribution in [2.45, 2.75) is 294 Å². The molecule has 0 radical (unpaired) electrons. The van der Waals surface area contributed by atoms with E-state index in [-0.39, 0.29) is 18.9 Å². The Morgan fingerprint density at radius 3 is 1.28 bits per heavy atom. The van der Waals surface area contributed by atoms with Crippen LogP contribution in [0.5, 0.6) is 0 Å².